The van der Waals surface area contributed by atoms with E-state index < -0.39 is 17.6 Å². The van der Waals surface area contributed by atoms with Crippen molar-refractivity contribution < 1.29 is 23.4 Å². The fourth-order valence-corrected chi connectivity index (χ4v) is 4.96. The van der Waals surface area contributed by atoms with Crippen LogP contribution in [0.4, 0.5) is 14.5 Å². The van der Waals surface area contributed by atoms with Crippen LogP contribution in [-0.4, -0.2) is 52.1 Å². The van der Waals surface area contributed by atoms with Gasteiger partial charge in [0.05, 0.1) is 30.0 Å². The molecule has 1 aliphatic heterocycles. The molecule has 1 N–H and O–H groups in total. The largest absolute Gasteiger partial charge is 0.477 e. The molecule has 0 unspecified atom stereocenters. The Morgan fingerprint density at radius 3 is 2.28 bits per heavy atom. The Morgan fingerprint density at radius 2 is 1.67 bits per heavy atom. The van der Waals surface area contributed by atoms with Crippen LogP contribution in [0.5, 0.6) is 0 Å². The van der Waals surface area contributed by atoms with E-state index in [2.05, 4.69) is 9.88 Å². The molecule has 1 saturated carbocycles. The highest BCUT2D eigenvalue weighted by Gasteiger charge is 2.29. The third-order valence-electron chi connectivity index (χ3n) is 7.02. The third-order valence-corrected chi connectivity index (χ3v) is 7.02. The van der Waals surface area contributed by atoms with Gasteiger partial charge in [0, 0.05) is 30.8 Å². The molecule has 0 amide bonds. The summed E-state index contributed by atoms with van der Waals surface area (Å²) in [5, 5.41) is 15.3. The Morgan fingerprint density at radius 1 is 0.972 bits per heavy atom. The summed E-state index contributed by atoms with van der Waals surface area (Å²) in [6.07, 6.45) is 2.96. The summed E-state index contributed by atoms with van der Waals surface area (Å²) in [7, 11) is 0. The molecule has 0 atom stereocenters. The van der Waals surface area contributed by atoms with E-state index in [0.29, 0.717) is 24.2 Å². The van der Waals surface area contributed by atoms with Crippen LogP contribution < -0.4 is 4.90 Å². The quantitative estimate of drug-likeness (QED) is 0.416. The molecule has 2 aromatic heterocycles. The van der Waals surface area contributed by atoms with Gasteiger partial charge in [-0.15, -0.1) is 0 Å². The summed E-state index contributed by atoms with van der Waals surface area (Å²) in [4.78, 5) is 18.6. The Balaban J connectivity index is 1.56. The molecular weight excluding hydrogens is 466 g/mol. The van der Waals surface area contributed by atoms with Gasteiger partial charge in [-0.05, 0) is 54.3 Å². The van der Waals surface area contributed by atoms with Crippen LogP contribution in [0.15, 0.2) is 48.5 Å². The van der Waals surface area contributed by atoms with Crippen LogP contribution in [0, 0.1) is 11.6 Å². The van der Waals surface area contributed by atoms with Gasteiger partial charge < -0.3 is 14.7 Å². The first-order chi connectivity index (χ1) is 17.5. The van der Waals surface area contributed by atoms with Crippen molar-refractivity contribution in [2.24, 2.45) is 0 Å². The number of ether oxygens (including phenoxy) is 1. The zero-order valence-corrected chi connectivity index (χ0v) is 19.5. The van der Waals surface area contributed by atoms with Crippen LogP contribution in [0.25, 0.3) is 27.8 Å². The number of carbonyl (C=O) groups is 1. The first-order valence-electron chi connectivity index (χ1n) is 12.0. The normalized spacial score (nSPS) is 16.3. The summed E-state index contributed by atoms with van der Waals surface area (Å²) in [5.41, 5.74) is 3.63. The molecule has 1 aliphatic carbocycles. The highest BCUT2D eigenvalue weighted by atomic mass is 19.1. The number of pyridine rings is 1. The number of aromatic carboxylic acids is 1. The number of morpholine rings is 1. The van der Waals surface area contributed by atoms with E-state index in [1.165, 1.54) is 16.8 Å². The molecule has 3 heterocycles. The molecule has 9 heteroatoms. The first-order valence-corrected chi connectivity index (χ1v) is 12.0. The smallest absolute Gasteiger partial charge is 0.354 e. The molecule has 4 aromatic rings. The summed E-state index contributed by atoms with van der Waals surface area (Å²) in [5.74, 6) is -2.50. The number of benzene rings is 2. The second-order valence-corrected chi connectivity index (χ2v) is 9.26. The number of halogens is 2. The van der Waals surface area contributed by atoms with Crippen molar-refractivity contribution in [1.29, 1.82) is 0 Å². The van der Waals surface area contributed by atoms with E-state index in [-0.39, 0.29) is 22.9 Å². The van der Waals surface area contributed by atoms with Crippen LogP contribution in [0.3, 0.4) is 0 Å². The van der Waals surface area contributed by atoms with Gasteiger partial charge in [-0.1, -0.05) is 18.6 Å². The van der Waals surface area contributed by atoms with E-state index in [1.807, 2.05) is 24.3 Å². The van der Waals surface area contributed by atoms with E-state index in [0.717, 1.165) is 55.4 Å². The lowest BCUT2D eigenvalue weighted by Gasteiger charge is -2.29. The molecule has 184 valence electrons. The number of nitrogens with zero attached hydrogens (tertiary/aromatic N) is 4. The molecular formula is C27H24F2N4O3. The number of anilines is 1. The number of hydrogen-bond acceptors (Lipinski definition) is 5. The lowest BCUT2D eigenvalue weighted by molar-refractivity contribution is 0.0691. The second-order valence-electron chi connectivity index (χ2n) is 9.26. The Bertz CT molecular complexity index is 1440. The van der Waals surface area contributed by atoms with Crippen LogP contribution in [0.1, 0.15) is 41.4 Å². The maximum absolute atomic E-state index is 14.1. The minimum Gasteiger partial charge on any atom is -0.477 e. The van der Waals surface area contributed by atoms with E-state index in [1.54, 1.807) is 6.07 Å². The van der Waals surface area contributed by atoms with Gasteiger partial charge >= 0.3 is 5.97 Å². The molecule has 0 spiro atoms. The molecule has 2 fully saturated rings. The predicted octanol–water partition coefficient (Wildman–Crippen LogP) is 5.17. The van der Waals surface area contributed by atoms with Crippen molar-refractivity contribution in [3.63, 3.8) is 0 Å². The fourth-order valence-electron chi connectivity index (χ4n) is 4.96. The van der Waals surface area contributed by atoms with E-state index >= 15 is 0 Å². The average molecular weight is 491 g/mol. The highest BCUT2D eigenvalue weighted by Crippen LogP contribution is 2.43. The van der Waals surface area contributed by atoms with Crippen molar-refractivity contribution in [1.82, 2.24) is 14.8 Å². The maximum atomic E-state index is 14.1. The summed E-state index contributed by atoms with van der Waals surface area (Å²) < 4.78 is 35.0. The topological polar surface area (TPSA) is 80.5 Å². The highest BCUT2D eigenvalue weighted by molar-refractivity contribution is 6.00. The van der Waals surface area contributed by atoms with E-state index in [4.69, 9.17) is 9.84 Å². The van der Waals surface area contributed by atoms with Crippen molar-refractivity contribution >= 4 is 22.7 Å². The number of hydrogen-bond donors (Lipinski definition) is 1. The number of rotatable bonds is 5. The summed E-state index contributed by atoms with van der Waals surface area (Å²) in [6.45, 7) is 2.98. The Kier molecular flexibility index (Phi) is 5.64. The first kappa shape index (κ1) is 22.6. The number of carboxylic acid groups (broad SMARTS) is 1. The number of aromatic nitrogens is 3. The van der Waals surface area contributed by atoms with Gasteiger partial charge in [-0.3, -0.25) is 0 Å². The van der Waals surface area contributed by atoms with Gasteiger partial charge in [0.2, 0.25) is 0 Å². The molecule has 7 nitrogen and oxygen atoms in total. The average Bonchev–Trinajstić information content (AvgIpc) is 3.21. The lowest BCUT2D eigenvalue weighted by Crippen LogP contribution is -2.36. The summed E-state index contributed by atoms with van der Waals surface area (Å²) in [6, 6.07) is 12.7. The molecule has 36 heavy (non-hydrogen) atoms. The molecule has 1 saturated heterocycles. The predicted molar refractivity (Wildman–Crippen MR) is 131 cm³/mol. The molecule has 0 bridgehead atoms. The van der Waals surface area contributed by atoms with Gasteiger partial charge in [0.15, 0.2) is 11.3 Å². The standard InChI is InChI=1S/C27H24F2N4O3/c28-18-12-19(29)14-21(13-18)33-26-24(25(31-33)17-2-1-3-17)22(15-23(30-26)27(34)35)16-4-6-20(7-5-16)32-8-10-36-11-9-32/h4-7,12-15,17H,1-3,8-11H2,(H,34,35). The van der Waals surface area contributed by atoms with Crippen LogP contribution in [0.2, 0.25) is 0 Å². The fraction of sp³-hybridized carbons (Fsp3) is 0.296. The van der Waals surface area contributed by atoms with Crippen molar-refractivity contribution in [3.8, 4) is 16.8 Å². The van der Waals surface area contributed by atoms with Crippen LogP contribution in [-0.2, 0) is 4.74 Å². The Hall–Kier alpha value is -3.85. The van der Waals surface area contributed by atoms with Gasteiger partial charge in [0.25, 0.3) is 0 Å². The summed E-state index contributed by atoms with van der Waals surface area (Å²) >= 11 is 0. The van der Waals surface area contributed by atoms with Crippen molar-refractivity contribution in [3.05, 3.63) is 71.6 Å². The third kappa shape index (κ3) is 3.99. The van der Waals surface area contributed by atoms with Gasteiger partial charge in [-0.2, -0.15) is 5.10 Å². The van der Waals surface area contributed by atoms with Crippen LogP contribution >= 0.6 is 0 Å². The van der Waals surface area contributed by atoms with Gasteiger partial charge in [-0.25, -0.2) is 23.2 Å². The number of carboxylic acids is 1. The second kappa shape index (κ2) is 8.98. The zero-order chi connectivity index (χ0) is 24.8. The van der Waals surface area contributed by atoms with Crippen molar-refractivity contribution in [2.45, 2.75) is 25.2 Å². The molecule has 2 aromatic carbocycles. The molecule has 0 radical (unpaired) electrons. The SMILES string of the molecule is O=C(O)c1cc(-c2ccc(N3CCOCC3)cc2)c2c(C3CCC3)nn(-c3cc(F)cc(F)c3)c2n1. The van der Waals surface area contributed by atoms with Crippen molar-refractivity contribution in [2.75, 3.05) is 31.2 Å². The molecule has 2 aliphatic rings. The number of fused-ring (bicyclic) bond motifs is 1. The zero-order valence-electron chi connectivity index (χ0n) is 19.5. The maximum Gasteiger partial charge on any atom is 0.354 e. The van der Waals surface area contributed by atoms with Gasteiger partial charge in [0.1, 0.15) is 11.6 Å². The monoisotopic (exact) mass is 490 g/mol. The minimum atomic E-state index is -1.19. The Labute approximate surface area is 205 Å². The van der Waals surface area contributed by atoms with E-state index in [9.17, 15) is 18.7 Å². The minimum absolute atomic E-state index is 0.159. The molecule has 6 rings (SSSR count). The lowest BCUT2D eigenvalue weighted by atomic mass is 9.81.